The third-order valence-corrected chi connectivity index (χ3v) is 2.92. The number of aryl methyl sites for hydroxylation is 1. The van der Waals surface area contributed by atoms with Crippen molar-refractivity contribution >= 4 is 28.7 Å². The maximum absolute atomic E-state index is 10.4. The standard InChI is InChI=1S/C8H9IN6O3/c1-4(18-8(16)17)15-12-7(11-13-15)6-5(9)3-10-14(6)2/h3-4H,1-2H3,(H,16,17). The van der Waals surface area contributed by atoms with Gasteiger partial charge < -0.3 is 9.84 Å². The highest BCUT2D eigenvalue weighted by molar-refractivity contribution is 14.1. The summed E-state index contributed by atoms with van der Waals surface area (Å²) in [5, 5.41) is 24.2. The number of hydrogen-bond donors (Lipinski definition) is 1. The smallest absolute Gasteiger partial charge is 0.450 e. The van der Waals surface area contributed by atoms with Crippen molar-refractivity contribution in [3.05, 3.63) is 9.77 Å². The second-order valence-electron chi connectivity index (χ2n) is 3.38. The van der Waals surface area contributed by atoms with Crippen LogP contribution < -0.4 is 0 Å². The molecule has 0 aliphatic heterocycles. The summed E-state index contributed by atoms with van der Waals surface area (Å²) in [6.45, 7) is 1.51. The van der Waals surface area contributed by atoms with Gasteiger partial charge in [0.25, 0.3) is 0 Å². The lowest BCUT2D eigenvalue weighted by Crippen LogP contribution is -2.15. The van der Waals surface area contributed by atoms with Crippen molar-refractivity contribution in [2.75, 3.05) is 0 Å². The van der Waals surface area contributed by atoms with Crippen LogP contribution in [-0.4, -0.2) is 41.2 Å². The maximum Gasteiger partial charge on any atom is 0.507 e. The van der Waals surface area contributed by atoms with E-state index in [1.54, 1.807) is 17.9 Å². The van der Waals surface area contributed by atoms with Crippen LogP contribution in [0.25, 0.3) is 11.5 Å². The first kappa shape index (κ1) is 12.7. The molecule has 2 aromatic heterocycles. The molecule has 0 saturated carbocycles. The lowest BCUT2D eigenvalue weighted by atomic mass is 10.4. The molecular weight excluding hydrogens is 355 g/mol. The lowest BCUT2D eigenvalue weighted by molar-refractivity contribution is 0.0139. The third-order valence-electron chi connectivity index (χ3n) is 2.13. The molecule has 1 atom stereocenters. The summed E-state index contributed by atoms with van der Waals surface area (Å²) in [6.07, 6.45) is -0.556. The van der Waals surface area contributed by atoms with Crippen molar-refractivity contribution in [3.8, 4) is 11.5 Å². The van der Waals surface area contributed by atoms with Crippen molar-refractivity contribution in [3.63, 3.8) is 0 Å². The zero-order valence-corrected chi connectivity index (χ0v) is 11.6. The van der Waals surface area contributed by atoms with Gasteiger partial charge in [0.2, 0.25) is 12.1 Å². The molecule has 2 aromatic rings. The number of hydrogen-bond acceptors (Lipinski definition) is 6. The number of carbonyl (C=O) groups is 1. The molecule has 0 amide bonds. The molecule has 0 bridgehead atoms. The number of nitrogens with zero attached hydrogens (tertiary/aromatic N) is 6. The highest BCUT2D eigenvalue weighted by atomic mass is 127. The first-order valence-corrected chi connectivity index (χ1v) is 5.94. The molecule has 18 heavy (non-hydrogen) atoms. The second kappa shape index (κ2) is 4.88. The van der Waals surface area contributed by atoms with Crippen LogP contribution in [0.5, 0.6) is 0 Å². The summed E-state index contributed by atoms with van der Waals surface area (Å²) < 4.78 is 7.01. The van der Waals surface area contributed by atoms with Crippen LogP contribution in [-0.2, 0) is 11.8 Å². The van der Waals surface area contributed by atoms with E-state index in [2.05, 4.69) is 47.8 Å². The van der Waals surface area contributed by atoms with Crippen molar-refractivity contribution in [2.24, 2.45) is 7.05 Å². The Balaban J connectivity index is 2.28. The lowest BCUT2D eigenvalue weighted by Gasteiger charge is -2.07. The zero-order chi connectivity index (χ0) is 13.3. The van der Waals surface area contributed by atoms with Gasteiger partial charge in [-0.1, -0.05) is 0 Å². The average Bonchev–Trinajstić information content (AvgIpc) is 2.85. The summed E-state index contributed by atoms with van der Waals surface area (Å²) >= 11 is 2.11. The number of tetrazole rings is 1. The van der Waals surface area contributed by atoms with Gasteiger partial charge in [0, 0.05) is 7.05 Å². The Morgan fingerprint density at radius 2 is 2.33 bits per heavy atom. The molecule has 0 aliphatic rings. The number of ether oxygens (including phenoxy) is 1. The predicted molar refractivity (Wildman–Crippen MR) is 66.6 cm³/mol. The molecule has 0 saturated heterocycles. The minimum Gasteiger partial charge on any atom is -0.450 e. The Bertz CT molecular complexity index is 560. The van der Waals surface area contributed by atoms with Crippen LogP contribution in [0.1, 0.15) is 13.2 Å². The minimum absolute atomic E-state index is 0.361. The Morgan fingerprint density at radius 3 is 2.89 bits per heavy atom. The van der Waals surface area contributed by atoms with Crippen LogP contribution in [0.3, 0.4) is 0 Å². The molecule has 10 heteroatoms. The summed E-state index contributed by atoms with van der Waals surface area (Å²) in [6, 6.07) is 0. The molecular formula is C8H9IN6O3. The van der Waals surface area contributed by atoms with Crippen molar-refractivity contribution < 1.29 is 14.6 Å². The fraction of sp³-hybridized carbons (Fsp3) is 0.375. The Morgan fingerprint density at radius 1 is 1.61 bits per heavy atom. The maximum atomic E-state index is 10.4. The van der Waals surface area contributed by atoms with Crippen LogP contribution in [0.4, 0.5) is 4.79 Å². The van der Waals surface area contributed by atoms with E-state index in [0.29, 0.717) is 11.5 Å². The molecule has 2 rings (SSSR count). The molecule has 0 aromatic carbocycles. The van der Waals surface area contributed by atoms with Gasteiger partial charge in [-0.2, -0.15) is 5.10 Å². The monoisotopic (exact) mass is 364 g/mol. The van der Waals surface area contributed by atoms with Gasteiger partial charge in [0.05, 0.1) is 9.77 Å². The number of rotatable bonds is 3. The minimum atomic E-state index is -1.39. The van der Waals surface area contributed by atoms with E-state index in [0.717, 1.165) is 8.37 Å². The van der Waals surface area contributed by atoms with Gasteiger partial charge in [0.1, 0.15) is 5.69 Å². The van der Waals surface area contributed by atoms with E-state index in [1.165, 1.54) is 6.92 Å². The first-order chi connectivity index (χ1) is 8.49. The molecule has 0 fully saturated rings. The van der Waals surface area contributed by atoms with Gasteiger partial charge in [0.15, 0.2) is 0 Å². The summed E-state index contributed by atoms with van der Waals surface area (Å²) in [4.78, 5) is 11.5. The quantitative estimate of drug-likeness (QED) is 0.637. The van der Waals surface area contributed by atoms with Gasteiger partial charge in [-0.15, -0.1) is 15.0 Å². The van der Waals surface area contributed by atoms with Crippen molar-refractivity contribution in [2.45, 2.75) is 13.2 Å². The number of halogens is 1. The highest BCUT2D eigenvalue weighted by Crippen LogP contribution is 2.20. The molecule has 2 heterocycles. The van der Waals surface area contributed by atoms with Crippen molar-refractivity contribution in [1.82, 2.24) is 30.0 Å². The topological polar surface area (TPSA) is 108 Å². The second-order valence-corrected chi connectivity index (χ2v) is 4.54. The first-order valence-electron chi connectivity index (χ1n) is 4.86. The van der Waals surface area contributed by atoms with Gasteiger partial charge >= 0.3 is 6.16 Å². The fourth-order valence-corrected chi connectivity index (χ4v) is 2.04. The van der Waals surface area contributed by atoms with Crippen LogP contribution >= 0.6 is 22.6 Å². The molecule has 1 N–H and O–H groups in total. The number of aromatic nitrogens is 6. The summed E-state index contributed by atoms with van der Waals surface area (Å²) in [7, 11) is 1.76. The molecule has 0 spiro atoms. The van der Waals surface area contributed by atoms with Crippen molar-refractivity contribution in [1.29, 1.82) is 0 Å². The van der Waals surface area contributed by atoms with Gasteiger partial charge in [-0.3, -0.25) is 4.68 Å². The Kier molecular flexibility index (Phi) is 3.45. The van der Waals surface area contributed by atoms with E-state index in [1.807, 2.05) is 0 Å². The van der Waals surface area contributed by atoms with Gasteiger partial charge in [-0.25, -0.2) is 4.79 Å². The van der Waals surface area contributed by atoms with E-state index in [-0.39, 0.29) is 0 Å². The van der Waals surface area contributed by atoms with E-state index in [9.17, 15) is 4.79 Å². The normalized spacial score (nSPS) is 12.4. The summed E-state index contributed by atoms with van der Waals surface area (Å²) in [5.74, 6) is 0.361. The zero-order valence-electron chi connectivity index (χ0n) is 9.48. The fourth-order valence-electron chi connectivity index (χ4n) is 1.33. The van der Waals surface area contributed by atoms with E-state index >= 15 is 0 Å². The number of carboxylic acid groups (broad SMARTS) is 1. The SMILES string of the molecule is CC(OC(=O)O)n1nnc(-c2c(I)cnn2C)n1. The predicted octanol–water partition coefficient (Wildman–Crippen LogP) is 0.891. The molecule has 1 unspecified atom stereocenters. The molecule has 0 aliphatic carbocycles. The average molecular weight is 364 g/mol. The third kappa shape index (κ3) is 2.42. The summed E-state index contributed by atoms with van der Waals surface area (Å²) in [5.41, 5.74) is 0.712. The molecule has 96 valence electrons. The Labute approximate surface area is 115 Å². The van der Waals surface area contributed by atoms with E-state index in [4.69, 9.17) is 5.11 Å². The van der Waals surface area contributed by atoms with Crippen LogP contribution in [0.2, 0.25) is 0 Å². The largest absolute Gasteiger partial charge is 0.507 e. The highest BCUT2D eigenvalue weighted by Gasteiger charge is 2.18. The van der Waals surface area contributed by atoms with Gasteiger partial charge in [-0.05, 0) is 34.7 Å². The van der Waals surface area contributed by atoms with Crippen LogP contribution in [0, 0.1) is 3.57 Å². The molecule has 9 nitrogen and oxygen atoms in total. The molecule has 0 radical (unpaired) electrons. The Hall–Kier alpha value is -1.72. The van der Waals surface area contributed by atoms with Crippen LogP contribution in [0.15, 0.2) is 6.20 Å². The van der Waals surface area contributed by atoms with E-state index < -0.39 is 12.4 Å².